The molecule has 2 aromatic rings. The van der Waals surface area contributed by atoms with Gasteiger partial charge in [-0.2, -0.15) is 4.98 Å². The smallest absolute Gasteiger partial charge is 0.234 e. The lowest BCUT2D eigenvalue weighted by Gasteiger charge is -2.06. The van der Waals surface area contributed by atoms with Gasteiger partial charge in [-0.3, -0.25) is 0 Å². The average molecular weight is 275 g/mol. The fraction of sp³-hybridized carbons (Fsp3) is 0.429. The van der Waals surface area contributed by atoms with Gasteiger partial charge in [-0.1, -0.05) is 5.16 Å². The first-order valence-corrected chi connectivity index (χ1v) is 6.51. The molecule has 2 atom stereocenters. The van der Waals surface area contributed by atoms with E-state index in [2.05, 4.69) is 10.1 Å². The minimum Gasteiger partial charge on any atom is -0.496 e. The number of aryl methyl sites for hydroxylation is 1. The normalized spacial score (nSPS) is 22.1. The number of benzene rings is 1. The van der Waals surface area contributed by atoms with Crippen LogP contribution < -0.4 is 10.5 Å². The van der Waals surface area contributed by atoms with E-state index in [9.17, 15) is 0 Å². The molecule has 106 valence electrons. The average Bonchev–Trinajstić information content (AvgIpc) is 3.07. The Morgan fingerprint density at radius 1 is 1.35 bits per heavy atom. The molecular weight excluding hydrogens is 258 g/mol. The number of hydrogen-bond donors (Lipinski definition) is 1. The number of nitrogens with zero attached hydrogens (tertiary/aromatic N) is 2. The van der Waals surface area contributed by atoms with Crippen LogP contribution in [0.3, 0.4) is 0 Å². The van der Waals surface area contributed by atoms with Gasteiger partial charge in [0.15, 0.2) is 0 Å². The van der Waals surface area contributed by atoms with Crippen molar-refractivity contribution in [1.82, 2.24) is 10.1 Å². The van der Waals surface area contributed by atoms with Crippen LogP contribution in [0.2, 0.25) is 0 Å². The lowest BCUT2D eigenvalue weighted by atomic mass is 10.1. The third-order valence-corrected chi connectivity index (χ3v) is 3.54. The van der Waals surface area contributed by atoms with Crippen LogP contribution in [0.25, 0.3) is 11.4 Å². The van der Waals surface area contributed by atoms with E-state index in [1.165, 1.54) is 0 Å². The minimum absolute atomic E-state index is 0.0180. The summed E-state index contributed by atoms with van der Waals surface area (Å²) in [6, 6.07) is 5.69. The number of methoxy groups -OCH3 is 1. The van der Waals surface area contributed by atoms with Crippen molar-refractivity contribution in [2.24, 2.45) is 5.73 Å². The standard InChI is InChI=1S/C14H17N3O3/c1-8-5-9(3-4-12(8)18-2)13-16-14(20-17-13)10-6-19-7-11(10)15/h3-5,10-11H,6-7,15H2,1-2H3. The predicted molar refractivity (Wildman–Crippen MR) is 72.6 cm³/mol. The molecule has 1 aromatic carbocycles. The van der Waals surface area contributed by atoms with Gasteiger partial charge >= 0.3 is 0 Å². The number of nitrogens with two attached hydrogens (primary N) is 1. The molecule has 1 saturated heterocycles. The second-order valence-corrected chi connectivity index (χ2v) is 4.95. The second-order valence-electron chi connectivity index (χ2n) is 4.95. The fourth-order valence-electron chi connectivity index (χ4n) is 2.35. The number of ether oxygens (including phenoxy) is 2. The molecule has 2 unspecified atom stereocenters. The molecule has 6 heteroatoms. The molecule has 1 aliphatic rings. The lowest BCUT2D eigenvalue weighted by Crippen LogP contribution is -2.26. The van der Waals surface area contributed by atoms with Gasteiger partial charge in [0.05, 0.1) is 26.2 Å². The topological polar surface area (TPSA) is 83.4 Å². The molecule has 0 aliphatic carbocycles. The Morgan fingerprint density at radius 2 is 2.20 bits per heavy atom. The molecule has 2 heterocycles. The van der Waals surface area contributed by atoms with E-state index in [1.807, 2.05) is 25.1 Å². The first-order chi connectivity index (χ1) is 9.69. The van der Waals surface area contributed by atoms with Gasteiger partial charge in [-0.25, -0.2) is 0 Å². The number of aromatic nitrogens is 2. The first kappa shape index (κ1) is 13.1. The zero-order chi connectivity index (χ0) is 14.1. The molecule has 3 rings (SSSR count). The van der Waals surface area contributed by atoms with Gasteiger partial charge in [-0.05, 0) is 30.7 Å². The minimum atomic E-state index is -0.0825. The van der Waals surface area contributed by atoms with Gasteiger partial charge in [-0.15, -0.1) is 0 Å². The van der Waals surface area contributed by atoms with E-state index in [0.29, 0.717) is 24.9 Å². The van der Waals surface area contributed by atoms with Crippen LogP contribution in [0.5, 0.6) is 5.75 Å². The highest BCUT2D eigenvalue weighted by Crippen LogP contribution is 2.27. The van der Waals surface area contributed by atoms with Crippen molar-refractivity contribution < 1.29 is 14.0 Å². The third kappa shape index (κ3) is 2.28. The van der Waals surface area contributed by atoms with Crippen molar-refractivity contribution >= 4 is 0 Å². The molecular formula is C14H17N3O3. The second kappa shape index (κ2) is 5.22. The van der Waals surface area contributed by atoms with Crippen molar-refractivity contribution in [2.75, 3.05) is 20.3 Å². The summed E-state index contributed by atoms with van der Waals surface area (Å²) in [5, 5.41) is 4.02. The zero-order valence-electron chi connectivity index (χ0n) is 11.5. The van der Waals surface area contributed by atoms with E-state index >= 15 is 0 Å². The molecule has 0 amide bonds. The van der Waals surface area contributed by atoms with Crippen LogP contribution >= 0.6 is 0 Å². The Bertz CT molecular complexity index is 611. The van der Waals surface area contributed by atoms with Gasteiger partial charge in [0.25, 0.3) is 0 Å². The van der Waals surface area contributed by atoms with E-state index in [0.717, 1.165) is 16.9 Å². The third-order valence-electron chi connectivity index (χ3n) is 3.54. The van der Waals surface area contributed by atoms with Crippen LogP contribution in [0.4, 0.5) is 0 Å². The quantitative estimate of drug-likeness (QED) is 0.913. The van der Waals surface area contributed by atoms with E-state index in [-0.39, 0.29) is 12.0 Å². The predicted octanol–water partition coefficient (Wildman–Crippen LogP) is 1.49. The molecule has 0 saturated carbocycles. The lowest BCUT2D eigenvalue weighted by molar-refractivity contribution is 0.187. The van der Waals surface area contributed by atoms with Crippen molar-refractivity contribution in [3.05, 3.63) is 29.7 Å². The van der Waals surface area contributed by atoms with Crippen molar-refractivity contribution in [2.45, 2.75) is 18.9 Å². The fourth-order valence-corrected chi connectivity index (χ4v) is 2.35. The molecule has 1 fully saturated rings. The maximum Gasteiger partial charge on any atom is 0.234 e. The van der Waals surface area contributed by atoms with Crippen LogP contribution in [0, 0.1) is 6.92 Å². The zero-order valence-corrected chi connectivity index (χ0v) is 11.5. The van der Waals surface area contributed by atoms with Crippen LogP contribution in [0.15, 0.2) is 22.7 Å². The van der Waals surface area contributed by atoms with E-state index < -0.39 is 0 Å². The van der Waals surface area contributed by atoms with Crippen molar-refractivity contribution in [1.29, 1.82) is 0 Å². The van der Waals surface area contributed by atoms with Crippen LogP contribution in [0.1, 0.15) is 17.4 Å². The summed E-state index contributed by atoms with van der Waals surface area (Å²) < 4.78 is 15.9. The van der Waals surface area contributed by atoms with Crippen LogP contribution in [-0.4, -0.2) is 36.5 Å². The molecule has 0 radical (unpaired) electrons. The Balaban J connectivity index is 1.88. The SMILES string of the molecule is COc1ccc(-c2noc(C3COCC3N)n2)cc1C. The molecule has 0 bridgehead atoms. The van der Waals surface area contributed by atoms with Gasteiger partial charge in [0, 0.05) is 11.6 Å². The van der Waals surface area contributed by atoms with E-state index in [1.54, 1.807) is 7.11 Å². The maximum absolute atomic E-state index is 5.95. The first-order valence-electron chi connectivity index (χ1n) is 6.51. The largest absolute Gasteiger partial charge is 0.496 e. The van der Waals surface area contributed by atoms with Crippen LogP contribution in [-0.2, 0) is 4.74 Å². The molecule has 2 N–H and O–H groups in total. The molecule has 6 nitrogen and oxygen atoms in total. The molecule has 0 spiro atoms. The van der Waals surface area contributed by atoms with E-state index in [4.69, 9.17) is 19.7 Å². The Hall–Kier alpha value is -1.92. The van der Waals surface area contributed by atoms with Gasteiger partial charge in [0.2, 0.25) is 11.7 Å². The summed E-state index contributed by atoms with van der Waals surface area (Å²) in [6.45, 7) is 3.04. The Morgan fingerprint density at radius 3 is 2.85 bits per heavy atom. The highest BCUT2D eigenvalue weighted by molar-refractivity contribution is 5.58. The van der Waals surface area contributed by atoms with Gasteiger partial charge in [0.1, 0.15) is 5.75 Å². The molecule has 20 heavy (non-hydrogen) atoms. The highest BCUT2D eigenvalue weighted by Gasteiger charge is 2.31. The Labute approximate surface area is 116 Å². The molecule has 1 aliphatic heterocycles. The van der Waals surface area contributed by atoms with Gasteiger partial charge < -0.3 is 19.7 Å². The summed E-state index contributed by atoms with van der Waals surface area (Å²) in [5.74, 6) is 1.92. The summed E-state index contributed by atoms with van der Waals surface area (Å²) in [6.07, 6.45) is 0. The highest BCUT2D eigenvalue weighted by atomic mass is 16.5. The maximum atomic E-state index is 5.95. The number of hydrogen-bond acceptors (Lipinski definition) is 6. The summed E-state index contributed by atoms with van der Waals surface area (Å²) in [5.41, 5.74) is 7.87. The van der Waals surface area contributed by atoms with Crippen molar-refractivity contribution in [3.8, 4) is 17.1 Å². The summed E-state index contributed by atoms with van der Waals surface area (Å²) >= 11 is 0. The Kier molecular flexibility index (Phi) is 3.42. The summed E-state index contributed by atoms with van der Waals surface area (Å²) in [7, 11) is 1.65. The molecule has 1 aromatic heterocycles. The number of rotatable bonds is 3. The van der Waals surface area contributed by atoms with Crippen molar-refractivity contribution in [3.63, 3.8) is 0 Å². The monoisotopic (exact) mass is 275 g/mol. The summed E-state index contributed by atoms with van der Waals surface area (Å²) in [4.78, 5) is 4.43.